The highest BCUT2D eigenvalue weighted by molar-refractivity contribution is 5.92. The molecule has 18 heavy (non-hydrogen) atoms. The minimum atomic E-state index is -0.362. The van der Waals surface area contributed by atoms with Gasteiger partial charge in [-0.15, -0.1) is 0 Å². The molecule has 1 fully saturated rings. The van der Waals surface area contributed by atoms with E-state index in [-0.39, 0.29) is 5.91 Å². The lowest BCUT2D eigenvalue weighted by Gasteiger charge is -2.40. The molecule has 3 rings (SSSR count). The summed E-state index contributed by atoms with van der Waals surface area (Å²) in [7, 11) is 0. The first kappa shape index (κ1) is 11.5. The molecule has 0 bridgehead atoms. The highest BCUT2D eigenvalue weighted by atomic mass is 16.1. The summed E-state index contributed by atoms with van der Waals surface area (Å²) in [5.41, 5.74) is 6.98. The van der Waals surface area contributed by atoms with Gasteiger partial charge in [0.05, 0.1) is 0 Å². The first-order valence-corrected chi connectivity index (χ1v) is 6.53. The topological polar surface area (TPSA) is 55.1 Å². The van der Waals surface area contributed by atoms with Gasteiger partial charge < -0.3 is 11.1 Å². The fraction of sp³-hybridized carbons (Fsp3) is 0.400. The first-order chi connectivity index (χ1) is 8.74. The van der Waals surface area contributed by atoms with E-state index in [1.165, 1.54) is 12.8 Å². The van der Waals surface area contributed by atoms with E-state index in [0.717, 1.165) is 23.9 Å². The summed E-state index contributed by atoms with van der Waals surface area (Å²) in [6, 6.07) is 8.14. The largest absolute Gasteiger partial charge is 0.366 e. The van der Waals surface area contributed by atoms with Gasteiger partial charge in [-0.3, -0.25) is 4.79 Å². The maximum absolute atomic E-state index is 11.1. The maximum atomic E-state index is 11.1. The van der Waals surface area contributed by atoms with Crippen LogP contribution in [0.15, 0.2) is 36.4 Å². The Bertz CT molecular complexity index is 495. The lowest BCUT2D eigenvalue weighted by atomic mass is 9.71. The summed E-state index contributed by atoms with van der Waals surface area (Å²) in [4.78, 5) is 11.1. The number of benzene rings is 1. The SMILES string of the molecule is NC(=O)c1cccc(CNC2CC3CC=CC32)c1. The molecule has 94 valence electrons. The van der Waals surface area contributed by atoms with Crippen molar-refractivity contribution in [1.29, 1.82) is 0 Å². The minimum Gasteiger partial charge on any atom is -0.366 e. The van der Waals surface area contributed by atoms with Crippen LogP contribution < -0.4 is 11.1 Å². The van der Waals surface area contributed by atoms with Crippen molar-refractivity contribution in [3.05, 3.63) is 47.5 Å². The minimum absolute atomic E-state index is 0.362. The van der Waals surface area contributed by atoms with Crippen molar-refractivity contribution >= 4 is 5.91 Å². The number of carbonyl (C=O) groups is 1. The van der Waals surface area contributed by atoms with Gasteiger partial charge in [-0.1, -0.05) is 24.3 Å². The molecule has 0 saturated heterocycles. The number of amides is 1. The first-order valence-electron chi connectivity index (χ1n) is 6.53. The second-order valence-corrected chi connectivity index (χ2v) is 5.29. The number of rotatable bonds is 4. The lowest BCUT2D eigenvalue weighted by Crippen LogP contribution is -2.47. The Balaban J connectivity index is 1.58. The standard InChI is InChI=1S/C15H18N2O/c16-15(18)12-5-1-3-10(7-12)9-17-14-8-11-4-2-6-13(11)14/h1-3,5-7,11,13-14,17H,4,8-9H2,(H2,16,18). The molecule has 0 spiro atoms. The molecule has 1 aromatic rings. The lowest BCUT2D eigenvalue weighted by molar-refractivity contribution is 0.1000. The molecule has 0 heterocycles. The second kappa shape index (κ2) is 4.58. The number of fused-ring (bicyclic) bond motifs is 1. The molecule has 1 saturated carbocycles. The summed E-state index contributed by atoms with van der Waals surface area (Å²) in [5.74, 6) is 1.24. The summed E-state index contributed by atoms with van der Waals surface area (Å²) in [5, 5.41) is 3.57. The molecule has 2 aliphatic rings. The quantitative estimate of drug-likeness (QED) is 0.792. The van der Waals surface area contributed by atoms with Crippen molar-refractivity contribution in [2.75, 3.05) is 0 Å². The number of nitrogens with one attached hydrogen (secondary N) is 1. The number of hydrogen-bond donors (Lipinski definition) is 2. The van der Waals surface area contributed by atoms with Gasteiger partial charge in [0.15, 0.2) is 0 Å². The zero-order chi connectivity index (χ0) is 12.5. The summed E-state index contributed by atoms with van der Waals surface area (Å²) in [6.07, 6.45) is 7.16. The third kappa shape index (κ3) is 2.06. The Morgan fingerprint density at radius 2 is 2.33 bits per heavy atom. The molecule has 3 atom stereocenters. The maximum Gasteiger partial charge on any atom is 0.248 e. The molecule has 0 radical (unpaired) electrons. The van der Waals surface area contributed by atoms with Gasteiger partial charge in [-0.25, -0.2) is 0 Å². The molecule has 0 aromatic heterocycles. The second-order valence-electron chi connectivity index (χ2n) is 5.29. The van der Waals surface area contributed by atoms with Gasteiger partial charge >= 0.3 is 0 Å². The van der Waals surface area contributed by atoms with Gasteiger partial charge in [-0.2, -0.15) is 0 Å². The van der Waals surface area contributed by atoms with Crippen LogP contribution in [-0.2, 0) is 6.54 Å². The number of allylic oxidation sites excluding steroid dienone is 1. The van der Waals surface area contributed by atoms with E-state index >= 15 is 0 Å². The number of nitrogens with two attached hydrogens (primary N) is 1. The van der Waals surface area contributed by atoms with Crippen molar-refractivity contribution in [1.82, 2.24) is 5.32 Å². The molecule has 3 unspecified atom stereocenters. The molecule has 3 N–H and O–H groups in total. The van der Waals surface area contributed by atoms with Crippen LogP contribution in [0, 0.1) is 11.8 Å². The zero-order valence-electron chi connectivity index (χ0n) is 10.3. The fourth-order valence-electron chi connectivity index (χ4n) is 3.03. The smallest absolute Gasteiger partial charge is 0.248 e. The third-order valence-electron chi connectivity index (χ3n) is 4.14. The van der Waals surface area contributed by atoms with Crippen LogP contribution in [0.25, 0.3) is 0 Å². The van der Waals surface area contributed by atoms with Crippen LogP contribution in [0.1, 0.15) is 28.8 Å². The van der Waals surface area contributed by atoms with Crippen LogP contribution in [0.3, 0.4) is 0 Å². The predicted octanol–water partition coefficient (Wildman–Crippen LogP) is 1.84. The van der Waals surface area contributed by atoms with Crippen LogP contribution in [-0.4, -0.2) is 11.9 Å². The van der Waals surface area contributed by atoms with Crippen molar-refractivity contribution in [2.45, 2.75) is 25.4 Å². The summed E-state index contributed by atoms with van der Waals surface area (Å²) < 4.78 is 0. The monoisotopic (exact) mass is 242 g/mol. The van der Waals surface area contributed by atoms with Gasteiger partial charge in [0.25, 0.3) is 0 Å². The number of primary amides is 1. The Morgan fingerprint density at radius 1 is 1.44 bits per heavy atom. The predicted molar refractivity (Wildman–Crippen MR) is 70.9 cm³/mol. The Labute approximate surface area is 107 Å². The molecule has 1 amide bonds. The Hall–Kier alpha value is -1.61. The molecular formula is C15H18N2O. The van der Waals surface area contributed by atoms with Crippen molar-refractivity contribution in [2.24, 2.45) is 17.6 Å². The number of hydrogen-bond acceptors (Lipinski definition) is 2. The van der Waals surface area contributed by atoms with E-state index in [1.54, 1.807) is 6.07 Å². The number of carbonyl (C=O) groups excluding carboxylic acids is 1. The average Bonchev–Trinajstić information content (AvgIpc) is 2.72. The normalized spacial score (nSPS) is 28.8. The molecular weight excluding hydrogens is 224 g/mol. The third-order valence-corrected chi connectivity index (χ3v) is 4.14. The highest BCUT2D eigenvalue weighted by Crippen LogP contribution is 2.42. The molecule has 0 aliphatic heterocycles. The zero-order valence-corrected chi connectivity index (χ0v) is 10.3. The van der Waals surface area contributed by atoms with Crippen LogP contribution >= 0.6 is 0 Å². The van der Waals surface area contributed by atoms with Crippen LogP contribution in [0.5, 0.6) is 0 Å². The van der Waals surface area contributed by atoms with Gasteiger partial charge in [0.1, 0.15) is 0 Å². The average molecular weight is 242 g/mol. The van der Waals surface area contributed by atoms with Crippen molar-refractivity contribution in [3.63, 3.8) is 0 Å². The van der Waals surface area contributed by atoms with Gasteiger partial charge in [0, 0.05) is 18.2 Å². The van der Waals surface area contributed by atoms with E-state index in [0.29, 0.717) is 11.6 Å². The van der Waals surface area contributed by atoms with E-state index in [4.69, 9.17) is 5.73 Å². The van der Waals surface area contributed by atoms with E-state index in [9.17, 15) is 4.79 Å². The van der Waals surface area contributed by atoms with Crippen molar-refractivity contribution in [3.8, 4) is 0 Å². The highest BCUT2D eigenvalue weighted by Gasteiger charge is 2.40. The van der Waals surface area contributed by atoms with Crippen LogP contribution in [0.2, 0.25) is 0 Å². The Kier molecular flexibility index (Phi) is 2.92. The molecule has 3 nitrogen and oxygen atoms in total. The van der Waals surface area contributed by atoms with E-state index < -0.39 is 0 Å². The van der Waals surface area contributed by atoms with E-state index in [1.807, 2.05) is 18.2 Å². The summed E-state index contributed by atoms with van der Waals surface area (Å²) in [6.45, 7) is 0.808. The fourth-order valence-corrected chi connectivity index (χ4v) is 3.03. The van der Waals surface area contributed by atoms with Gasteiger partial charge in [0.2, 0.25) is 5.91 Å². The van der Waals surface area contributed by atoms with Gasteiger partial charge in [-0.05, 0) is 42.4 Å². The Morgan fingerprint density at radius 3 is 3.11 bits per heavy atom. The summed E-state index contributed by atoms with van der Waals surface area (Å²) >= 11 is 0. The van der Waals surface area contributed by atoms with Crippen molar-refractivity contribution < 1.29 is 4.79 Å². The van der Waals surface area contributed by atoms with Crippen LogP contribution in [0.4, 0.5) is 0 Å². The molecule has 3 heteroatoms. The molecule has 2 aliphatic carbocycles. The molecule has 1 aromatic carbocycles. The van der Waals surface area contributed by atoms with E-state index in [2.05, 4.69) is 17.5 Å².